The van der Waals surface area contributed by atoms with E-state index in [2.05, 4.69) is 28.5 Å². The molecule has 4 aromatic rings. The van der Waals surface area contributed by atoms with E-state index in [0.717, 1.165) is 36.9 Å². The number of carbonyl (C=O) groups excluding carboxylic acids is 2. The third kappa shape index (κ3) is 6.18. The maximum Gasteiger partial charge on any atom is 0.256 e. The van der Waals surface area contributed by atoms with E-state index >= 15 is 0 Å². The van der Waals surface area contributed by atoms with Crippen LogP contribution in [0.5, 0.6) is 5.88 Å². The summed E-state index contributed by atoms with van der Waals surface area (Å²) in [5, 5.41) is 20.3. The molecule has 3 heterocycles. The van der Waals surface area contributed by atoms with Gasteiger partial charge in [-0.2, -0.15) is 10.4 Å². The first-order chi connectivity index (χ1) is 19.3. The third-order valence-electron chi connectivity index (χ3n) is 7.13. The van der Waals surface area contributed by atoms with Crippen LogP contribution in [-0.4, -0.2) is 50.8 Å². The minimum Gasteiger partial charge on any atom is -0.473 e. The van der Waals surface area contributed by atoms with Crippen molar-refractivity contribution in [2.24, 2.45) is 11.7 Å². The van der Waals surface area contributed by atoms with Gasteiger partial charge in [0.25, 0.3) is 5.91 Å². The Balaban J connectivity index is 0.000000201. The molecule has 1 aliphatic rings. The number of halogens is 1. The summed E-state index contributed by atoms with van der Waals surface area (Å²) in [6.07, 6.45) is 6.88. The molecule has 1 atom stereocenters. The molecule has 0 bridgehead atoms. The fraction of sp³-hybridized carbons (Fsp3) is 0.345. The van der Waals surface area contributed by atoms with Crippen molar-refractivity contribution in [1.29, 1.82) is 5.26 Å². The van der Waals surface area contributed by atoms with Gasteiger partial charge >= 0.3 is 0 Å². The Morgan fingerprint density at radius 3 is 2.60 bits per heavy atom. The zero-order chi connectivity index (χ0) is 28.8. The van der Waals surface area contributed by atoms with E-state index in [9.17, 15) is 14.0 Å². The molecule has 3 aromatic heterocycles. The number of nitrogens with one attached hydrogen (secondary N) is 1. The largest absolute Gasteiger partial charge is 0.473 e. The van der Waals surface area contributed by atoms with E-state index in [1.54, 1.807) is 47.3 Å². The molecule has 10 nitrogen and oxygen atoms in total. The number of alkyl halides is 1. The lowest BCUT2D eigenvalue weighted by atomic mass is 9.78. The smallest absolute Gasteiger partial charge is 0.256 e. The number of nitrogens with zero attached hydrogens (tertiary/aromatic N) is 5. The van der Waals surface area contributed by atoms with Crippen molar-refractivity contribution in [3.05, 3.63) is 76.7 Å². The molecule has 1 saturated carbocycles. The van der Waals surface area contributed by atoms with Crippen molar-refractivity contribution in [1.82, 2.24) is 24.7 Å². The number of rotatable bonds is 9. The highest BCUT2D eigenvalue weighted by atomic mass is 19.1. The first kappa shape index (κ1) is 28.4. The molecule has 5 rings (SSSR count). The molecule has 0 saturated heterocycles. The Labute approximate surface area is 231 Å². The van der Waals surface area contributed by atoms with Crippen LogP contribution in [0.1, 0.15) is 63.7 Å². The van der Waals surface area contributed by atoms with E-state index in [4.69, 9.17) is 15.7 Å². The molecule has 0 unspecified atom stereocenters. The zero-order valence-corrected chi connectivity index (χ0v) is 22.7. The van der Waals surface area contributed by atoms with E-state index in [0.29, 0.717) is 34.2 Å². The quantitative estimate of drug-likeness (QED) is 0.304. The van der Waals surface area contributed by atoms with Crippen molar-refractivity contribution in [3.63, 3.8) is 0 Å². The number of nitrogens with two attached hydrogens (primary N) is 1. The van der Waals surface area contributed by atoms with Crippen molar-refractivity contribution in [3.8, 4) is 17.6 Å². The summed E-state index contributed by atoms with van der Waals surface area (Å²) in [6, 6.07) is 12.8. The maximum absolute atomic E-state index is 12.8. The van der Waals surface area contributed by atoms with Gasteiger partial charge in [-0.05, 0) is 76.4 Å². The number of benzene rings is 1. The van der Waals surface area contributed by atoms with Crippen LogP contribution in [0.15, 0.2) is 48.8 Å². The molecule has 208 valence electrons. The van der Waals surface area contributed by atoms with E-state index in [1.807, 2.05) is 14.0 Å². The second-order valence-corrected chi connectivity index (χ2v) is 9.92. The van der Waals surface area contributed by atoms with Gasteiger partial charge in [0.15, 0.2) is 6.29 Å². The van der Waals surface area contributed by atoms with Crippen LogP contribution in [0.3, 0.4) is 0 Å². The normalized spacial score (nSPS) is 16.8. The lowest BCUT2D eigenvalue weighted by Gasteiger charge is -2.36. The maximum atomic E-state index is 12.8. The number of ether oxygens (including phenoxy) is 1. The Morgan fingerprint density at radius 2 is 2.02 bits per heavy atom. The third-order valence-corrected chi connectivity index (χ3v) is 7.13. The SMILES string of the molecule is CN[C@@H](C)CC1CC(Oc2nn3cc(CF)ccc3c2C(N)=O)C1.Cc1c(C=O)cnn1-c1ccc(C#N)cc1. The summed E-state index contributed by atoms with van der Waals surface area (Å²) in [7, 11) is 1.96. The summed E-state index contributed by atoms with van der Waals surface area (Å²) in [5.41, 5.74) is 9.57. The van der Waals surface area contributed by atoms with Crippen molar-refractivity contribution in [2.75, 3.05) is 7.05 Å². The van der Waals surface area contributed by atoms with Crippen molar-refractivity contribution >= 4 is 17.7 Å². The lowest BCUT2D eigenvalue weighted by molar-refractivity contribution is 0.0516. The van der Waals surface area contributed by atoms with Crippen LogP contribution in [-0.2, 0) is 6.67 Å². The van der Waals surface area contributed by atoms with E-state index in [1.165, 1.54) is 10.7 Å². The molecule has 3 N–H and O–H groups in total. The second kappa shape index (κ2) is 12.5. The Bertz CT molecular complexity index is 1530. The minimum absolute atomic E-state index is 0.0442. The predicted octanol–water partition coefficient (Wildman–Crippen LogP) is 3.92. The Morgan fingerprint density at radius 1 is 1.30 bits per heavy atom. The molecule has 1 aliphatic carbocycles. The van der Waals surface area contributed by atoms with Gasteiger partial charge < -0.3 is 15.8 Å². The fourth-order valence-corrected chi connectivity index (χ4v) is 4.68. The molecule has 11 heteroatoms. The van der Waals surface area contributed by atoms with Gasteiger partial charge in [-0.3, -0.25) is 9.59 Å². The van der Waals surface area contributed by atoms with Gasteiger partial charge in [0.2, 0.25) is 5.88 Å². The Kier molecular flexibility index (Phi) is 8.91. The molecule has 0 spiro atoms. The highest BCUT2D eigenvalue weighted by Gasteiger charge is 2.33. The number of aldehydes is 1. The number of hydrogen-bond donors (Lipinski definition) is 2. The topological polar surface area (TPSA) is 140 Å². The number of primary amides is 1. The highest BCUT2D eigenvalue weighted by Crippen LogP contribution is 2.35. The van der Waals surface area contributed by atoms with Gasteiger partial charge in [-0.15, -0.1) is 5.10 Å². The molecule has 40 heavy (non-hydrogen) atoms. The van der Waals surface area contributed by atoms with E-state index < -0.39 is 12.6 Å². The number of hydrogen-bond acceptors (Lipinski definition) is 7. The van der Waals surface area contributed by atoms with Crippen LogP contribution in [0.25, 0.3) is 11.2 Å². The average Bonchev–Trinajstić information content (AvgIpc) is 3.50. The molecule has 1 amide bonds. The standard InChI is InChI=1S/C17H23FN4O2.C12H9N3O/c1-10(20-2)5-12-6-13(7-12)24-17-15(16(19)23)14-4-3-11(8-18)9-22(14)21-17;1-9-11(8-16)7-14-15(9)12-4-2-10(6-13)3-5-12/h3-4,9-10,12-13,20H,5-8H2,1-2H3,(H2,19,23);2-5,7-8H,1H3/t10-,12?,13?;/m0./s1. The minimum atomic E-state index is -0.591. The molecule has 1 aromatic carbocycles. The van der Waals surface area contributed by atoms with Gasteiger partial charge in [0.1, 0.15) is 18.3 Å². The first-order valence-electron chi connectivity index (χ1n) is 13.0. The van der Waals surface area contributed by atoms with Crippen molar-refractivity contribution < 1.29 is 18.7 Å². The summed E-state index contributed by atoms with van der Waals surface area (Å²) in [4.78, 5) is 22.5. The predicted molar refractivity (Wildman–Crippen MR) is 147 cm³/mol. The molecule has 0 aliphatic heterocycles. The lowest BCUT2D eigenvalue weighted by Crippen LogP contribution is -2.37. The number of nitriles is 1. The van der Waals surface area contributed by atoms with Gasteiger partial charge in [0.05, 0.1) is 40.3 Å². The Hall–Kier alpha value is -4.56. The molecule has 1 fully saturated rings. The number of carbonyl (C=O) groups is 2. The number of pyridine rings is 1. The van der Waals surface area contributed by atoms with Crippen LogP contribution in [0.4, 0.5) is 4.39 Å². The summed E-state index contributed by atoms with van der Waals surface area (Å²) < 4.78 is 21.8. The average molecular weight is 546 g/mol. The fourth-order valence-electron chi connectivity index (χ4n) is 4.68. The zero-order valence-electron chi connectivity index (χ0n) is 22.7. The summed E-state index contributed by atoms with van der Waals surface area (Å²) >= 11 is 0. The van der Waals surface area contributed by atoms with Gasteiger partial charge in [-0.1, -0.05) is 6.07 Å². The molecule has 0 radical (unpaired) electrons. The van der Waals surface area contributed by atoms with E-state index in [-0.39, 0.29) is 17.5 Å². The second-order valence-electron chi connectivity index (χ2n) is 9.92. The van der Waals surface area contributed by atoms with Crippen molar-refractivity contribution in [2.45, 2.75) is 51.9 Å². The highest BCUT2D eigenvalue weighted by molar-refractivity contribution is 6.02. The van der Waals surface area contributed by atoms with Crippen LogP contribution >= 0.6 is 0 Å². The van der Waals surface area contributed by atoms with Gasteiger partial charge in [0, 0.05) is 17.8 Å². The number of aromatic nitrogens is 4. The van der Waals surface area contributed by atoms with Crippen LogP contribution in [0.2, 0.25) is 0 Å². The van der Waals surface area contributed by atoms with Gasteiger partial charge in [-0.25, -0.2) is 13.6 Å². The van der Waals surface area contributed by atoms with Crippen LogP contribution in [0, 0.1) is 24.2 Å². The summed E-state index contributed by atoms with van der Waals surface area (Å²) in [5.74, 6) is 0.265. The summed E-state index contributed by atoms with van der Waals surface area (Å²) in [6.45, 7) is 3.39. The van der Waals surface area contributed by atoms with Crippen LogP contribution < -0.4 is 15.8 Å². The molecular formula is C29H32FN7O3. The molecular weight excluding hydrogens is 513 g/mol. The number of amides is 1. The first-order valence-corrected chi connectivity index (χ1v) is 13.0. The monoisotopic (exact) mass is 545 g/mol. The number of fused-ring (bicyclic) bond motifs is 1.